The molecule has 0 aliphatic rings. The van der Waals surface area contributed by atoms with E-state index in [4.69, 9.17) is 14.4 Å². The number of aryl methyl sites for hydroxylation is 1. The van der Waals surface area contributed by atoms with Gasteiger partial charge in [0, 0.05) is 20.5 Å². The van der Waals surface area contributed by atoms with Crippen LogP contribution in [0.3, 0.4) is 0 Å². The van der Waals surface area contributed by atoms with E-state index in [0.29, 0.717) is 23.0 Å². The van der Waals surface area contributed by atoms with Gasteiger partial charge in [-0.05, 0) is 12.1 Å². The van der Waals surface area contributed by atoms with Crippen molar-refractivity contribution in [2.24, 2.45) is 5.92 Å². The second-order valence-corrected chi connectivity index (χ2v) is 5.44. The molecular weight excluding hydrogens is 314 g/mol. The molecule has 1 N–H and O–H groups in total. The molecule has 0 aliphatic heterocycles. The molecule has 0 fully saturated rings. The molecule has 8 nitrogen and oxygen atoms in total. The van der Waals surface area contributed by atoms with Gasteiger partial charge in [-0.15, -0.1) is 0 Å². The van der Waals surface area contributed by atoms with Gasteiger partial charge in [0.15, 0.2) is 6.61 Å². The normalized spacial score (nSPS) is 11.8. The average Bonchev–Trinajstić information content (AvgIpc) is 2.97. The van der Waals surface area contributed by atoms with Crippen LogP contribution in [-0.2, 0) is 11.4 Å². The van der Waals surface area contributed by atoms with Crippen molar-refractivity contribution in [3.05, 3.63) is 41.5 Å². The van der Waals surface area contributed by atoms with Crippen LogP contribution < -0.4 is 4.74 Å². The van der Waals surface area contributed by atoms with Crippen LogP contribution in [-0.4, -0.2) is 45.6 Å². The first-order valence-corrected chi connectivity index (χ1v) is 7.37. The second-order valence-electron chi connectivity index (χ2n) is 5.44. The van der Waals surface area contributed by atoms with Gasteiger partial charge in [-0.3, -0.25) is 9.59 Å². The minimum Gasteiger partial charge on any atom is -0.485 e. The van der Waals surface area contributed by atoms with Crippen molar-refractivity contribution in [1.29, 1.82) is 0 Å². The number of aliphatic carboxylic acids is 1. The number of ether oxygens (including phenoxy) is 1. The molecule has 1 unspecified atom stereocenters. The summed E-state index contributed by atoms with van der Waals surface area (Å²) in [6, 6.07) is 6.75. The van der Waals surface area contributed by atoms with E-state index in [9.17, 15) is 9.59 Å². The number of hydrogen-bond donors (Lipinski definition) is 1. The van der Waals surface area contributed by atoms with Gasteiger partial charge in [0.1, 0.15) is 5.75 Å². The van der Waals surface area contributed by atoms with Crippen molar-refractivity contribution in [2.45, 2.75) is 20.5 Å². The van der Waals surface area contributed by atoms with Gasteiger partial charge in [0.2, 0.25) is 11.7 Å². The van der Waals surface area contributed by atoms with Crippen LogP contribution in [0.2, 0.25) is 0 Å². The minimum atomic E-state index is -0.952. The topological polar surface area (TPSA) is 106 Å². The molecule has 0 radical (unpaired) electrons. The van der Waals surface area contributed by atoms with Crippen LogP contribution in [0.15, 0.2) is 28.8 Å². The summed E-state index contributed by atoms with van der Waals surface area (Å²) in [6.07, 6.45) is 0. The van der Waals surface area contributed by atoms with Crippen LogP contribution >= 0.6 is 0 Å². The van der Waals surface area contributed by atoms with E-state index in [1.807, 2.05) is 0 Å². The minimum absolute atomic E-state index is 0.0663. The van der Waals surface area contributed by atoms with Gasteiger partial charge in [-0.25, -0.2) is 0 Å². The highest BCUT2D eigenvalue weighted by Gasteiger charge is 2.21. The number of para-hydroxylation sites is 1. The maximum absolute atomic E-state index is 12.5. The monoisotopic (exact) mass is 333 g/mol. The summed E-state index contributed by atoms with van der Waals surface area (Å²) in [5.41, 5.74) is 0.345. The Kier molecular flexibility index (Phi) is 5.51. The summed E-state index contributed by atoms with van der Waals surface area (Å²) in [7, 11) is 1.56. The van der Waals surface area contributed by atoms with E-state index >= 15 is 0 Å². The largest absolute Gasteiger partial charge is 0.485 e. The highest BCUT2D eigenvalue weighted by atomic mass is 16.5. The van der Waals surface area contributed by atoms with Crippen molar-refractivity contribution in [3.8, 4) is 5.75 Å². The third-order valence-electron chi connectivity index (χ3n) is 3.36. The number of carboxylic acid groups (broad SMARTS) is 1. The fourth-order valence-electron chi connectivity index (χ4n) is 2.09. The van der Waals surface area contributed by atoms with Crippen molar-refractivity contribution >= 4 is 11.9 Å². The molecule has 0 bridgehead atoms. The lowest BCUT2D eigenvalue weighted by Gasteiger charge is -2.20. The van der Waals surface area contributed by atoms with E-state index in [1.54, 1.807) is 45.2 Å². The quantitative estimate of drug-likeness (QED) is 0.822. The van der Waals surface area contributed by atoms with E-state index in [2.05, 4.69) is 10.1 Å². The number of hydrogen-bond acceptors (Lipinski definition) is 6. The lowest BCUT2D eigenvalue weighted by atomic mass is 10.1. The Bertz CT molecular complexity index is 728. The number of rotatable bonds is 7. The molecule has 8 heteroatoms. The number of carboxylic acids is 1. The predicted molar refractivity (Wildman–Crippen MR) is 83.6 cm³/mol. The number of amides is 1. The molecule has 1 amide bonds. The van der Waals surface area contributed by atoms with E-state index in [1.165, 1.54) is 4.90 Å². The molecule has 0 saturated heterocycles. The summed E-state index contributed by atoms with van der Waals surface area (Å²) in [6.45, 7) is 3.39. The standard InChI is InChI=1S/C16H19N3O5/c1-10(16(21)22)8-19(3)15(20)12-6-4-5-7-13(12)23-9-14-17-11(2)24-18-14/h4-7,10H,8-9H2,1-3H3,(H,21,22). The first-order chi connectivity index (χ1) is 11.4. The van der Waals surface area contributed by atoms with Gasteiger partial charge >= 0.3 is 5.97 Å². The zero-order valence-electron chi connectivity index (χ0n) is 13.7. The zero-order chi connectivity index (χ0) is 17.7. The highest BCUT2D eigenvalue weighted by molar-refractivity contribution is 5.97. The van der Waals surface area contributed by atoms with Crippen LogP contribution in [0.25, 0.3) is 0 Å². The Morgan fingerprint density at radius 1 is 1.38 bits per heavy atom. The SMILES string of the molecule is Cc1nc(COc2ccccc2C(=O)N(C)CC(C)C(=O)O)no1. The number of benzene rings is 1. The molecule has 2 aromatic rings. The first kappa shape index (κ1) is 17.5. The van der Waals surface area contributed by atoms with E-state index in [0.717, 1.165) is 0 Å². The first-order valence-electron chi connectivity index (χ1n) is 7.37. The number of carbonyl (C=O) groups is 2. The molecule has 128 valence electrons. The van der Waals surface area contributed by atoms with Crippen LogP contribution in [0, 0.1) is 12.8 Å². The van der Waals surface area contributed by atoms with Gasteiger partial charge in [-0.1, -0.05) is 24.2 Å². The molecule has 1 atom stereocenters. The molecule has 1 aromatic carbocycles. The smallest absolute Gasteiger partial charge is 0.308 e. The molecule has 0 saturated carbocycles. The second kappa shape index (κ2) is 7.58. The van der Waals surface area contributed by atoms with Crippen LogP contribution in [0.4, 0.5) is 0 Å². The average molecular weight is 333 g/mol. The molecule has 2 rings (SSSR count). The molecular formula is C16H19N3O5. The van der Waals surface area contributed by atoms with Crippen molar-refractivity contribution in [2.75, 3.05) is 13.6 Å². The Hall–Kier alpha value is -2.90. The van der Waals surface area contributed by atoms with E-state index in [-0.39, 0.29) is 19.1 Å². The van der Waals surface area contributed by atoms with Crippen molar-refractivity contribution in [3.63, 3.8) is 0 Å². The molecule has 1 heterocycles. The number of carbonyl (C=O) groups excluding carboxylic acids is 1. The van der Waals surface area contributed by atoms with Crippen LogP contribution in [0.5, 0.6) is 5.75 Å². The Morgan fingerprint density at radius 2 is 2.08 bits per heavy atom. The zero-order valence-corrected chi connectivity index (χ0v) is 13.7. The predicted octanol–water partition coefficient (Wildman–Crippen LogP) is 1.75. The third kappa shape index (κ3) is 4.31. The highest BCUT2D eigenvalue weighted by Crippen LogP contribution is 2.21. The van der Waals surface area contributed by atoms with Crippen molar-refractivity contribution in [1.82, 2.24) is 15.0 Å². The number of aromatic nitrogens is 2. The number of nitrogens with zero attached hydrogens (tertiary/aromatic N) is 3. The summed E-state index contributed by atoms with van der Waals surface area (Å²) in [5.74, 6) is -0.744. The van der Waals surface area contributed by atoms with Crippen LogP contribution in [0.1, 0.15) is 29.0 Å². The lowest BCUT2D eigenvalue weighted by Crippen LogP contribution is -2.33. The van der Waals surface area contributed by atoms with Gasteiger partial charge in [0.05, 0.1) is 11.5 Å². The Labute approximate surface area is 139 Å². The molecule has 24 heavy (non-hydrogen) atoms. The molecule has 0 spiro atoms. The molecule has 0 aliphatic carbocycles. The third-order valence-corrected chi connectivity index (χ3v) is 3.36. The fraction of sp³-hybridized carbons (Fsp3) is 0.375. The Morgan fingerprint density at radius 3 is 2.71 bits per heavy atom. The lowest BCUT2D eigenvalue weighted by molar-refractivity contribution is -0.141. The summed E-state index contributed by atoms with van der Waals surface area (Å²) >= 11 is 0. The fourth-order valence-corrected chi connectivity index (χ4v) is 2.09. The van der Waals surface area contributed by atoms with E-state index < -0.39 is 11.9 Å². The summed E-state index contributed by atoms with van der Waals surface area (Å²) < 4.78 is 10.5. The maximum atomic E-state index is 12.5. The van der Waals surface area contributed by atoms with Gasteiger partial charge < -0.3 is 19.3 Å². The maximum Gasteiger partial charge on any atom is 0.308 e. The van der Waals surface area contributed by atoms with Crippen molar-refractivity contribution < 1.29 is 24.0 Å². The summed E-state index contributed by atoms with van der Waals surface area (Å²) in [4.78, 5) is 28.9. The molecule has 1 aromatic heterocycles. The van der Waals surface area contributed by atoms with Gasteiger partial charge in [0.25, 0.3) is 5.91 Å². The van der Waals surface area contributed by atoms with Gasteiger partial charge in [-0.2, -0.15) is 4.98 Å². The Balaban J connectivity index is 2.09. The summed E-state index contributed by atoms with van der Waals surface area (Å²) in [5, 5.41) is 12.7.